The van der Waals surface area contributed by atoms with Crippen LogP contribution in [0.15, 0.2) is 18.2 Å². The standard InChI is InChI=1S/C18H24N2O4/c1-12(2)17(22)20-8-6-18(7-9-20)11-19-16(21)14-5-4-13(23-3)10-15(14)24-18/h4-5,10,12H,6-9,11H2,1-3H3,(H,19,21). The summed E-state index contributed by atoms with van der Waals surface area (Å²) in [6.45, 7) is 5.57. The van der Waals surface area contributed by atoms with Gasteiger partial charge in [0, 0.05) is 37.9 Å². The second kappa shape index (κ2) is 6.34. The number of hydrogen-bond acceptors (Lipinski definition) is 4. The number of fused-ring (bicyclic) bond motifs is 1. The lowest BCUT2D eigenvalue weighted by Gasteiger charge is -2.41. The molecule has 0 bridgehead atoms. The van der Waals surface area contributed by atoms with Gasteiger partial charge in [-0.2, -0.15) is 0 Å². The summed E-state index contributed by atoms with van der Waals surface area (Å²) in [5.74, 6) is 1.24. The fourth-order valence-corrected chi connectivity index (χ4v) is 3.29. The summed E-state index contributed by atoms with van der Waals surface area (Å²) in [7, 11) is 1.59. The van der Waals surface area contributed by atoms with Crippen molar-refractivity contribution in [1.29, 1.82) is 0 Å². The molecule has 2 amide bonds. The van der Waals surface area contributed by atoms with Crippen LogP contribution < -0.4 is 14.8 Å². The number of methoxy groups -OCH3 is 1. The highest BCUT2D eigenvalue weighted by molar-refractivity contribution is 5.97. The van der Waals surface area contributed by atoms with E-state index in [0.717, 1.165) is 0 Å². The molecule has 2 aliphatic rings. The van der Waals surface area contributed by atoms with Gasteiger partial charge in [-0.15, -0.1) is 0 Å². The Kier molecular flexibility index (Phi) is 4.39. The maximum absolute atomic E-state index is 12.3. The van der Waals surface area contributed by atoms with E-state index in [1.807, 2.05) is 18.7 Å². The Balaban J connectivity index is 1.80. The number of piperidine rings is 1. The molecule has 2 heterocycles. The molecule has 0 saturated carbocycles. The highest BCUT2D eigenvalue weighted by atomic mass is 16.5. The van der Waals surface area contributed by atoms with Gasteiger partial charge in [-0.25, -0.2) is 0 Å². The Morgan fingerprint density at radius 2 is 2.04 bits per heavy atom. The van der Waals surface area contributed by atoms with Gasteiger partial charge in [0.25, 0.3) is 5.91 Å². The number of rotatable bonds is 2. The molecule has 0 aliphatic carbocycles. The zero-order chi connectivity index (χ0) is 17.3. The van der Waals surface area contributed by atoms with E-state index in [2.05, 4.69) is 5.32 Å². The van der Waals surface area contributed by atoms with Crippen molar-refractivity contribution in [3.05, 3.63) is 23.8 Å². The smallest absolute Gasteiger partial charge is 0.255 e. The molecule has 3 rings (SSSR count). The number of hydrogen-bond donors (Lipinski definition) is 1. The van der Waals surface area contributed by atoms with Crippen LogP contribution in [0, 0.1) is 5.92 Å². The van der Waals surface area contributed by atoms with Crippen molar-refractivity contribution in [1.82, 2.24) is 10.2 Å². The van der Waals surface area contributed by atoms with Gasteiger partial charge in [0.2, 0.25) is 5.91 Å². The fourth-order valence-electron chi connectivity index (χ4n) is 3.29. The van der Waals surface area contributed by atoms with Crippen LogP contribution in [0.1, 0.15) is 37.0 Å². The van der Waals surface area contributed by atoms with Gasteiger partial charge >= 0.3 is 0 Å². The molecule has 6 nitrogen and oxygen atoms in total. The summed E-state index contributed by atoms with van der Waals surface area (Å²) in [5.41, 5.74) is 0.0504. The molecule has 24 heavy (non-hydrogen) atoms. The van der Waals surface area contributed by atoms with Gasteiger partial charge in [-0.3, -0.25) is 9.59 Å². The van der Waals surface area contributed by atoms with Gasteiger partial charge in [-0.1, -0.05) is 13.8 Å². The zero-order valence-corrected chi connectivity index (χ0v) is 14.4. The SMILES string of the molecule is COc1ccc2c(c1)OC1(CCN(C(=O)C(C)C)CC1)CNC2=O. The topological polar surface area (TPSA) is 67.9 Å². The van der Waals surface area contributed by atoms with Crippen LogP contribution in [0.5, 0.6) is 11.5 Å². The Morgan fingerprint density at radius 3 is 2.67 bits per heavy atom. The van der Waals surface area contributed by atoms with E-state index in [0.29, 0.717) is 49.5 Å². The maximum atomic E-state index is 12.3. The Hall–Kier alpha value is -2.24. The molecule has 0 aromatic heterocycles. The Bertz CT molecular complexity index is 648. The van der Waals surface area contributed by atoms with E-state index >= 15 is 0 Å². The second-order valence-corrected chi connectivity index (χ2v) is 6.81. The first-order chi connectivity index (χ1) is 11.4. The summed E-state index contributed by atoms with van der Waals surface area (Å²) >= 11 is 0. The van der Waals surface area contributed by atoms with Crippen molar-refractivity contribution in [2.75, 3.05) is 26.7 Å². The first-order valence-corrected chi connectivity index (χ1v) is 8.38. The van der Waals surface area contributed by atoms with Crippen molar-refractivity contribution in [2.24, 2.45) is 5.92 Å². The van der Waals surface area contributed by atoms with Crippen molar-refractivity contribution in [3.8, 4) is 11.5 Å². The summed E-state index contributed by atoms with van der Waals surface area (Å²) in [4.78, 5) is 26.4. The molecule has 1 fully saturated rings. The summed E-state index contributed by atoms with van der Waals surface area (Å²) in [5, 5.41) is 2.96. The zero-order valence-electron chi connectivity index (χ0n) is 14.4. The van der Waals surface area contributed by atoms with Crippen LogP contribution in [-0.2, 0) is 4.79 Å². The van der Waals surface area contributed by atoms with Gasteiger partial charge in [0.15, 0.2) is 0 Å². The molecular formula is C18H24N2O4. The minimum absolute atomic E-state index is 0.00112. The quantitative estimate of drug-likeness (QED) is 0.897. The van der Waals surface area contributed by atoms with Crippen LogP contribution in [0.4, 0.5) is 0 Å². The van der Waals surface area contributed by atoms with E-state index in [-0.39, 0.29) is 17.7 Å². The molecule has 1 aromatic rings. The molecule has 0 radical (unpaired) electrons. The number of ether oxygens (including phenoxy) is 2. The monoisotopic (exact) mass is 332 g/mol. The van der Waals surface area contributed by atoms with Gasteiger partial charge in [0.1, 0.15) is 17.1 Å². The highest BCUT2D eigenvalue weighted by Gasteiger charge is 2.41. The normalized spacial score (nSPS) is 19.3. The number of carbonyl (C=O) groups is 2. The van der Waals surface area contributed by atoms with E-state index in [4.69, 9.17) is 9.47 Å². The van der Waals surface area contributed by atoms with E-state index in [9.17, 15) is 9.59 Å². The predicted octanol–water partition coefficient (Wildman–Crippen LogP) is 1.83. The average Bonchev–Trinajstić information content (AvgIpc) is 2.72. The fraction of sp³-hybridized carbons (Fsp3) is 0.556. The minimum Gasteiger partial charge on any atom is -0.497 e. The lowest BCUT2D eigenvalue weighted by Crippen LogP contribution is -2.54. The molecule has 6 heteroatoms. The van der Waals surface area contributed by atoms with E-state index in [1.54, 1.807) is 25.3 Å². The Morgan fingerprint density at radius 1 is 1.33 bits per heavy atom. The molecule has 0 atom stereocenters. The molecule has 130 valence electrons. The van der Waals surface area contributed by atoms with Crippen LogP contribution in [-0.4, -0.2) is 49.1 Å². The van der Waals surface area contributed by atoms with Gasteiger partial charge < -0.3 is 19.7 Å². The summed E-state index contributed by atoms with van der Waals surface area (Å²) in [6.07, 6.45) is 1.39. The lowest BCUT2D eigenvalue weighted by molar-refractivity contribution is -0.137. The third-order valence-electron chi connectivity index (χ3n) is 4.81. The van der Waals surface area contributed by atoms with Crippen LogP contribution in [0.3, 0.4) is 0 Å². The molecule has 0 unspecified atom stereocenters. The third-order valence-corrected chi connectivity index (χ3v) is 4.81. The highest BCUT2D eigenvalue weighted by Crippen LogP contribution is 2.35. The number of carbonyl (C=O) groups excluding carboxylic acids is 2. The van der Waals surface area contributed by atoms with Crippen molar-refractivity contribution >= 4 is 11.8 Å². The number of nitrogens with zero attached hydrogens (tertiary/aromatic N) is 1. The van der Waals surface area contributed by atoms with Gasteiger partial charge in [0.05, 0.1) is 19.2 Å². The van der Waals surface area contributed by atoms with Gasteiger partial charge in [-0.05, 0) is 12.1 Å². The summed E-state index contributed by atoms with van der Waals surface area (Å²) in [6, 6.07) is 5.23. The lowest BCUT2D eigenvalue weighted by atomic mass is 9.90. The molecule has 1 spiro atoms. The largest absolute Gasteiger partial charge is 0.497 e. The molecule has 1 N–H and O–H groups in total. The predicted molar refractivity (Wildman–Crippen MR) is 89.3 cm³/mol. The first-order valence-electron chi connectivity index (χ1n) is 8.38. The molecule has 1 saturated heterocycles. The summed E-state index contributed by atoms with van der Waals surface area (Å²) < 4.78 is 11.5. The number of nitrogens with one attached hydrogen (secondary N) is 1. The van der Waals surface area contributed by atoms with Crippen molar-refractivity contribution in [3.63, 3.8) is 0 Å². The minimum atomic E-state index is -0.471. The van der Waals surface area contributed by atoms with Crippen LogP contribution in [0.2, 0.25) is 0 Å². The second-order valence-electron chi connectivity index (χ2n) is 6.81. The molecular weight excluding hydrogens is 308 g/mol. The van der Waals surface area contributed by atoms with Crippen LogP contribution in [0.25, 0.3) is 0 Å². The number of benzene rings is 1. The molecule has 1 aromatic carbocycles. The first kappa shape index (κ1) is 16.6. The van der Waals surface area contributed by atoms with Crippen molar-refractivity contribution in [2.45, 2.75) is 32.3 Å². The average molecular weight is 332 g/mol. The molecule has 2 aliphatic heterocycles. The third kappa shape index (κ3) is 3.05. The maximum Gasteiger partial charge on any atom is 0.255 e. The Labute approximate surface area is 142 Å². The number of likely N-dealkylation sites (tertiary alicyclic amines) is 1. The number of amides is 2. The van der Waals surface area contributed by atoms with E-state index < -0.39 is 5.60 Å². The van der Waals surface area contributed by atoms with Crippen molar-refractivity contribution < 1.29 is 19.1 Å². The van der Waals surface area contributed by atoms with Crippen LogP contribution >= 0.6 is 0 Å². The van der Waals surface area contributed by atoms with E-state index in [1.165, 1.54) is 0 Å².